The lowest BCUT2D eigenvalue weighted by Gasteiger charge is -2.28. The standard InChI is InChI=1S/C15H20FNO3/c16-11-4-3-5-12(10-11)20-9-8-15(19)17-13-6-1-2-7-14(13)18/h3-5,10,13-14,18H,1-2,6-9H2,(H,17,19)/t13-,14-/m1/s1. The second-order valence-electron chi connectivity index (χ2n) is 5.08. The van der Waals surface area contributed by atoms with Crippen LogP contribution in [0.25, 0.3) is 0 Å². The smallest absolute Gasteiger partial charge is 0.223 e. The molecule has 0 saturated heterocycles. The van der Waals surface area contributed by atoms with Crippen LogP contribution < -0.4 is 10.1 Å². The molecule has 2 N–H and O–H groups in total. The molecule has 1 aliphatic carbocycles. The predicted octanol–water partition coefficient (Wildman–Crippen LogP) is 2.01. The lowest BCUT2D eigenvalue weighted by Crippen LogP contribution is -2.45. The first-order chi connectivity index (χ1) is 9.65. The Balaban J connectivity index is 1.70. The minimum atomic E-state index is -0.447. The number of rotatable bonds is 5. The number of hydrogen-bond donors (Lipinski definition) is 2. The normalized spacial score (nSPS) is 22.3. The molecule has 20 heavy (non-hydrogen) atoms. The molecule has 0 spiro atoms. The Kier molecular flexibility index (Phi) is 5.35. The van der Waals surface area contributed by atoms with E-state index in [1.807, 2.05) is 0 Å². The van der Waals surface area contributed by atoms with E-state index >= 15 is 0 Å². The van der Waals surface area contributed by atoms with E-state index in [0.29, 0.717) is 5.75 Å². The highest BCUT2D eigenvalue weighted by Gasteiger charge is 2.24. The van der Waals surface area contributed by atoms with E-state index in [1.165, 1.54) is 12.1 Å². The van der Waals surface area contributed by atoms with Crippen molar-refractivity contribution in [2.24, 2.45) is 0 Å². The molecule has 110 valence electrons. The summed E-state index contributed by atoms with van der Waals surface area (Å²) in [5.41, 5.74) is 0. The number of benzene rings is 1. The zero-order valence-corrected chi connectivity index (χ0v) is 11.3. The highest BCUT2D eigenvalue weighted by Crippen LogP contribution is 2.18. The molecule has 0 heterocycles. The van der Waals surface area contributed by atoms with Gasteiger partial charge in [0.1, 0.15) is 11.6 Å². The number of aliphatic hydroxyl groups is 1. The summed E-state index contributed by atoms with van der Waals surface area (Å²) in [5.74, 6) is -0.0971. The highest BCUT2D eigenvalue weighted by molar-refractivity contribution is 5.76. The van der Waals surface area contributed by atoms with Crippen molar-refractivity contribution in [3.8, 4) is 5.75 Å². The molecule has 2 rings (SSSR count). The number of carbonyl (C=O) groups is 1. The molecule has 1 aliphatic rings. The van der Waals surface area contributed by atoms with Crippen molar-refractivity contribution in [3.63, 3.8) is 0 Å². The molecule has 0 radical (unpaired) electrons. The van der Waals surface area contributed by atoms with Crippen molar-refractivity contribution in [3.05, 3.63) is 30.1 Å². The van der Waals surface area contributed by atoms with Crippen molar-refractivity contribution in [2.45, 2.75) is 44.2 Å². The van der Waals surface area contributed by atoms with Crippen molar-refractivity contribution < 1.29 is 19.0 Å². The number of ether oxygens (including phenoxy) is 1. The summed E-state index contributed by atoms with van der Waals surface area (Å²) in [4.78, 5) is 11.7. The summed E-state index contributed by atoms with van der Waals surface area (Å²) < 4.78 is 18.2. The van der Waals surface area contributed by atoms with Crippen LogP contribution in [-0.2, 0) is 4.79 Å². The molecule has 4 nitrogen and oxygen atoms in total. The fourth-order valence-corrected chi connectivity index (χ4v) is 2.38. The van der Waals surface area contributed by atoms with E-state index in [4.69, 9.17) is 4.74 Å². The average molecular weight is 281 g/mol. The van der Waals surface area contributed by atoms with E-state index in [1.54, 1.807) is 12.1 Å². The summed E-state index contributed by atoms with van der Waals surface area (Å²) in [6, 6.07) is 5.67. The molecular formula is C15H20FNO3. The first-order valence-electron chi connectivity index (χ1n) is 7.01. The summed E-state index contributed by atoms with van der Waals surface area (Å²) in [6.45, 7) is 0.193. The lowest BCUT2D eigenvalue weighted by atomic mass is 9.92. The molecule has 0 bridgehead atoms. The Morgan fingerprint density at radius 2 is 2.20 bits per heavy atom. The van der Waals surface area contributed by atoms with Crippen molar-refractivity contribution in [1.29, 1.82) is 0 Å². The molecular weight excluding hydrogens is 261 g/mol. The van der Waals surface area contributed by atoms with Crippen LogP contribution in [0, 0.1) is 5.82 Å². The maximum Gasteiger partial charge on any atom is 0.223 e. The summed E-state index contributed by atoms with van der Waals surface area (Å²) in [5, 5.41) is 12.6. The third-order valence-electron chi connectivity index (χ3n) is 3.47. The maximum atomic E-state index is 12.9. The van der Waals surface area contributed by atoms with Gasteiger partial charge in [-0.3, -0.25) is 4.79 Å². The van der Waals surface area contributed by atoms with Gasteiger partial charge in [0.15, 0.2) is 0 Å². The van der Waals surface area contributed by atoms with Crippen LogP contribution >= 0.6 is 0 Å². The van der Waals surface area contributed by atoms with E-state index < -0.39 is 6.10 Å². The van der Waals surface area contributed by atoms with Gasteiger partial charge in [0.05, 0.1) is 25.2 Å². The van der Waals surface area contributed by atoms with Crippen LogP contribution in [0.5, 0.6) is 5.75 Å². The number of halogens is 1. The van der Waals surface area contributed by atoms with Gasteiger partial charge in [0, 0.05) is 6.07 Å². The Bertz CT molecular complexity index is 452. The average Bonchev–Trinajstić information content (AvgIpc) is 2.41. The van der Waals surface area contributed by atoms with Gasteiger partial charge < -0.3 is 15.2 Å². The number of nitrogens with one attached hydrogen (secondary N) is 1. The zero-order chi connectivity index (χ0) is 14.4. The van der Waals surface area contributed by atoms with Gasteiger partial charge in [0.2, 0.25) is 5.91 Å². The third kappa shape index (κ3) is 4.49. The number of amides is 1. The van der Waals surface area contributed by atoms with Gasteiger partial charge in [-0.1, -0.05) is 18.9 Å². The Labute approximate surface area is 117 Å². The Morgan fingerprint density at radius 1 is 1.40 bits per heavy atom. The summed E-state index contributed by atoms with van der Waals surface area (Å²) in [6.07, 6.45) is 3.34. The predicted molar refractivity (Wildman–Crippen MR) is 72.9 cm³/mol. The van der Waals surface area contributed by atoms with Gasteiger partial charge in [-0.25, -0.2) is 4.39 Å². The molecule has 1 aromatic carbocycles. The van der Waals surface area contributed by atoms with Crippen LogP contribution in [0.15, 0.2) is 24.3 Å². The molecule has 1 fully saturated rings. The number of carbonyl (C=O) groups excluding carboxylic acids is 1. The molecule has 0 unspecified atom stereocenters. The Hall–Kier alpha value is -1.62. The van der Waals surface area contributed by atoms with Gasteiger partial charge in [0.25, 0.3) is 0 Å². The summed E-state index contributed by atoms with van der Waals surface area (Å²) >= 11 is 0. The van der Waals surface area contributed by atoms with Gasteiger partial charge in [-0.05, 0) is 25.0 Å². The lowest BCUT2D eigenvalue weighted by molar-refractivity contribution is -0.123. The second kappa shape index (κ2) is 7.24. The highest BCUT2D eigenvalue weighted by atomic mass is 19.1. The van der Waals surface area contributed by atoms with E-state index in [9.17, 15) is 14.3 Å². The first-order valence-corrected chi connectivity index (χ1v) is 7.01. The molecule has 1 saturated carbocycles. The second-order valence-corrected chi connectivity index (χ2v) is 5.08. The number of aliphatic hydroxyl groups excluding tert-OH is 1. The SMILES string of the molecule is O=C(CCOc1cccc(F)c1)N[C@@H]1CCCC[C@H]1O. The first kappa shape index (κ1) is 14.8. The van der Waals surface area contributed by atoms with Crippen molar-refractivity contribution in [2.75, 3.05) is 6.61 Å². The monoisotopic (exact) mass is 281 g/mol. The quantitative estimate of drug-likeness (QED) is 0.868. The summed E-state index contributed by atoms with van der Waals surface area (Å²) in [7, 11) is 0. The Morgan fingerprint density at radius 3 is 2.95 bits per heavy atom. The van der Waals surface area contributed by atoms with E-state index in [2.05, 4.69) is 5.32 Å². The van der Waals surface area contributed by atoms with Crippen LogP contribution in [-0.4, -0.2) is 29.8 Å². The fourth-order valence-electron chi connectivity index (χ4n) is 2.38. The number of hydrogen-bond acceptors (Lipinski definition) is 3. The largest absolute Gasteiger partial charge is 0.493 e. The van der Waals surface area contributed by atoms with Gasteiger partial charge in [-0.15, -0.1) is 0 Å². The van der Waals surface area contributed by atoms with E-state index in [0.717, 1.165) is 25.7 Å². The maximum absolute atomic E-state index is 12.9. The van der Waals surface area contributed by atoms with E-state index in [-0.39, 0.29) is 30.8 Å². The van der Waals surface area contributed by atoms with Crippen molar-refractivity contribution >= 4 is 5.91 Å². The third-order valence-corrected chi connectivity index (χ3v) is 3.47. The van der Waals surface area contributed by atoms with Crippen LogP contribution in [0.1, 0.15) is 32.1 Å². The molecule has 0 aliphatic heterocycles. The molecule has 2 atom stereocenters. The van der Waals surface area contributed by atoms with Gasteiger partial charge >= 0.3 is 0 Å². The van der Waals surface area contributed by atoms with Crippen LogP contribution in [0.4, 0.5) is 4.39 Å². The molecule has 1 aromatic rings. The zero-order valence-electron chi connectivity index (χ0n) is 11.3. The minimum Gasteiger partial charge on any atom is -0.493 e. The van der Waals surface area contributed by atoms with Crippen LogP contribution in [0.2, 0.25) is 0 Å². The fraction of sp³-hybridized carbons (Fsp3) is 0.533. The van der Waals surface area contributed by atoms with Gasteiger partial charge in [-0.2, -0.15) is 0 Å². The van der Waals surface area contributed by atoms with Crippen LogP contribution in [0.3, 0.4) is 0 Å². The molecule has 5 heteroatoms. The molecule has 0 aromatic heterocycles. The molecule has 1 amide bonds. The minimum absolute atomic E-state index is 0.146. The topological polar surface area (TPSA) is 58.6 Å². The van der Waals surface area contributed by atoms with Crippen molar-refractivity contribution in [1.82, 2.24) is 5.32 Å².